The summed E-state index contributed by atoms with van der Waals surface area (Å²) < 4.78 is 5.08. The number of carbonyl (C=O) groups excluding carboxylic acids is 1. The first-order valence-corrected chi connectivity index (χ1v) is 9.28. The van der Waals surface area contributed by atoms with Crippen LogP contribution < -0.4 is 15.4 Å². The maximum atomic E-state index is 12.6. The highest BCUT2D eigenvalue weighted by molar-refractivity contribution is 8.93. The number of thiazole rings is 1. The summed E-state index contributed by atoms with van der Waals surface area (Å²) in [5.41, 5.74) is 1.37. The molecule has 0 atom stereocenters. The van der Waals surface area contributed by atoms with Gasteiger partial charge in [0.15, 0.2) is 6.61 Å². The first-order chi connectivity index (χ1) is 12.5. The van der Waals surface area contributed by atoms with Crippen LogP contribution >= 0.6 is 28.3 Å². The molecule has 3 N–H and O–H groups in total. The number of aryl methyl sites for hydroxylation is 1. The Kier molecular flexibility index (Phi) is 7.76. The van der Waals surface area contributed by atoms with Crippen molar-refractivity contribution < 1.29 is 19.4 Å². The number of aliphatic carboxylic acids is 1. The minimum Gasteiger partial charge on any atom is -0.482 e. The van der Waals surface area contributed by atoms with E-state index in [-0.39, 0.29) is 22.9 Å². The van der Waals surface area contributed by atoms with Gasteiger partial charge < -0.3 is 20.5 Å². The van der Waals surface area contributed by atoms with E-state index in [0.29, 0.717) is 22.2 Å². The van der Waals surface area contributed by atoms with Gasteiger partial charge in [0.1, 0.15) is 10.6 Å². The summed E-state index contributed by atoms with van der Waals surface area (Å²) in [5.74, 6) is -0.355. The van der Waals surface area contributed by atoms with Gasteiger partial charge in [-0.15, -0.1) is 28.3 Å². The lowest BCUT2D eigenvalue weighted by Crippen LogP contribution is -2.26. The molecular formula is C18H22BrN3O4S. The number of carboxylic acid groups (broad SMARTS) is 1. The maximum Gasteiger partial charge on any atom is 0.341 e. The molecule has 1 aliphatic heterocycles. The fourth-order valence-electron chi connectivity index (χ4n) is 2.84. The van der Waals surface area contributed by atoms with Crippen LogP contribution in [-0.2, 0) is 4.79 Å². The Balaban J connectivity index is 0.00000261. The summed E-state index contributed by atoms with van der Waals surface area (Å²) in [5, 5.41) is 15.8. The molecule has 0 aliphatic carbocycles. The first-order valence-electron chi connectivity index (χ1n) is 8.47. The van der Waals surface area contributed by atoms with Crippen molar-refractivity contribution in [1.29, 1.82) is 0 Å². The van der Waals surface area contributed by atoms with E-state index in [0.717, 1.165) is 36.6 Å². The topological polar surface area (TPSA) is 101 Å². The number of piperidine rings is 1. The van der Waals surface area contributed by atoms with Gasteiger partial charge in [0.25, 0.3) is 5.91 Å². The van der Waals surface area contributed by atoms with Crippen LogP contribution in [0.15, 0.2) is 24.3 Å². The highest BCUT2D eigenvalue weighted by Gasteiger charge is 2.22. The molecule has 1 amide bonds. The number of benzene rings is 1. The van der Waals surface area contributed by atoms with Gasteiger partial charge in [-0.1, -0.05) is 0 Å². The van der Waals surface area contributed by atoms with Crippen LogP contribution in [-0.4, -0.2) is 41.7 Å². The van der Waals surface area contributed by atoms with E-state index in [1.807, 2.05) is 6.92 Å². The summed E-state index contributed by atoms with van der Waals surface area (Å²) in [4.78, 5) is 28.3. The number of nitrogens with zero attached hydrogens (tertiary/aromatic N) is 1. The molecule has 1 aliphatic rings. The minimum atomic E-state index is -1.03. The summed E-state index contributed by atoms with van der Waals surface area (Å²) in [7, 11) is 0. The van der Waals surface area contributed by atoms with E-state index < -0.39 is 12.6 Å². The highest BCUT2D eigenvalue weighted by Crippen LogP contribution is 2.31. The van der Waals surface area contributed by atoms with Crippen molar-refractivity contribution in [3.05, 3.63) is 39.8 Å². The maximum absolute atomic E-state index is 12.6. The van der Waals surface area contributed by atoms with Gasteiger partial charge in [-0.3, -0.25) is 4.79 Å². The lowest BCUT2D eigenvalue weighted by atomic mass is 9.99. The van der Waals surface area contributed by atoms with Gasteiger partial charge in [0, 0.05) is 11.6 Å². The Labute approximate surface area is 171 Å². The average molecular weight is 456 g/mol. The van der Waals surface area contributed by atoms with Gasteiger partial charge in [0.2, 0.25) is 0 Å². The molecule has 146 valence electrons. The van der Waals surface area contributed by atoms with Crippen LogP contribution in [0.2, 0.25) is 0 Å². The summed E-state index contributed by atoms with van der Waals surface area (Å²) >= 11 is 1.47. The Bertz CT molecular complexity index is 788. The number of hydrogen-bond donors (Lipinski definition) is 3. The van der Waals surface area contributed by atoms with Crippen molar-refractivity contribution in [2.45, 2.75) is 25.7 Å². The van der Waals surface area contributed by atoms with Crippen molar-refractivity contribution in [2.75, 3.05) is 25.0 Å². The monoisotopic (exact) mass is 455 g/mol. The van der Waals surface area contributed by atoms with E-state index >= 15 is 0 Å². The van der Waals surface area contributed by atoms with Gasteiger partial charge in [-0.25, -0.2) is 9.78 Å². The molecule has 1 saturated heterocycles. The third kappa shape index (κ3) is 5.75. The van der Waals surface area contributed by atoms with Crippen LogP contribution in [0.3, 0.4) is 0 Å². The zero-order valence-electron chi connectivity index (χ0n) is 14.9. The number of anilines is 1. The van der Waals surface area contributed by atoms with Gasteiger partial charge in [0.05, 0.1) is 10.7 Å². The third-order valence-electron chi connectivity index (χ3n) is 4.18. The number of carbonyl (C=O) groups is 2. The van der Waals surface area contributed by atoms with E-state index in [2.05, 4.69) is 15.6 Å². The fraction of sp³-hybridized carbons (Fsp3) is 0.389. The average Bonchev–Trinajstić information content (AvgIpc) is 3.04. The molecule has 1 aromatic carbocycles. The molecule has 2 heterocycles. The Morgan fingerprint density at radius 3 is 2.59 bits per heavy atom. The predicted molar refractivity (Wildman–Crippen MR) is 110 cm³/mol. The number of rotatable bonds is 6. The molecule has 0 bridgehead atoms. The number of aromatic nitrogens is 1. The summed E-state index contributed by atoms with van der Waals surface area (Å²) in [6.45, 7) is 3.44. The molecule has 1 aromatic heterocycles. The molecule has 1 fully saturated rings. The highest BCUT2D eigenvalue weighted by atomic mass is 79.9. The number of ether oxygens (including phenoxy) is 1. The molecule has 0 spiro atoms. The Morgan fingerprint density at radius 2 is 1.96 bits per heavy atom. The van der Waals surface area contributed by atoms with E-state index in [1.54, 1.807) is 24.3 Å². The van der Waals surface area contributed by atoms with Crippen molar-refractivity contribution in [2.24, 2.45) is 0 Å². The second kappa shape index (κ2) is 9.82. The third-order valence-corrected chi connectivity index (χ3v) is 5.50. The SMILES string of the molecule is Br.Cc1nc(C2CCNCC2)sc1C(=O)Nc1ccc(OCC(=O)O)cc1. The molecule has 3 rings (SSSR count). The first kappa shape index (κ1) is 21.3. The van der Waals surface area contributed by atoms with Crippen LogP contribution in [0.5, 0.6) is 5.75 Å². The van der Waals surface area contributed by atoms with Crippen molar-refractivity contribution in [3.63, 3.8) is 0 Å². The zero-order valence-corrected chi connectivity index (χ0v) is 17.4. The van der Waals surface area contributed by atoms with Crippen LogP contribution in [0.1, 0.15) is 39.1 Å². The fourth-order valence-corrected chi connectivity index (χ4v) is 3.97. The van der Waals surface area contributed by atoms with Crippen molar-refractivity contribution in [3.8, 4) is 5.75 Å². The number of amides is 1. The molecule has 0 saturated carbocycles. The van der Waals surface area contributed by atoms with Crippen molar-refractivity contribution in [1.82, 2.24) is 10.3 Å². The number of halogens is 1. The van der Waals surface area contributed by atoms with Crippen LogP contribution in [0.4, 0.5) is 5.69 Å². The molecular weight excluding hydrogens is 434 g/mol. The number of hydrogen-bond acceptors (Lipinski definition) is 6. The quantitative estimate of drug-likeness (QED) is 0.617. The molecule has 0 unspecified atom stereocenters. The van der Waals surface area contributed by atoms with E-state index in [4.69, 9.17) is 9.84 Å². The van der Waals surface area contributed by atoms with E-state index in [9.17, 15) is 9.59 Å². The molecule has 2 aromatic rings. The summed E-state index contributed by atoms with van der Waals surface area (Å²) in [6, 6.07) is 6.61. The smallest absolute Gasteiger partial charge is 0.341 e. The second-order valence-corrected chi connectivity index (χ2v) is 7.18. The second-order valence-electron chi connectivity index (χ2n) is 6.15. The molecule has 0 radical (unpaired) electrons. The van der Waals surface area contributed by atoms with Crippen LogP contribution in [0, 0.1) is 6.92 Å². The lowest BCUT2D eigenvalue weighted by Gasteiger charge is -2.20. The van der Waals surface area contributed by atoms with E-state index in [1.165, 1.54) is 11.3 Å². The van der Waals surface area contributed by atoms with Crippen molar-refractivity contribution >= 4 is 45.9 Å². The largest absolute Gasteiger partial charge is 0.482 e. The Morgan fingerprint density at radius 1 is 1.30 bits per heavy atom. The Hall–Kier alpha value is -1.97. The summed E-state index contributed by atoms with van der Waals surface area (Å²) in [6.07, 6.45) is 2.09. The standard InChI is InChI=1S/C18H21N3O4S.BrH/c1-11-16(26-18(20-11)12-6-8-19-9-7-12)17(24)21-13-2-4-14(5-3-13)25-10-15(22)23;/h2-5,12,19H,6-10H2,1H3,(H,21,24)(H,22,23);1H. The zero-order chi connectivity index (χ0) is 18.5. The normalized spacial score (nSPS) is 14.3. The van der Waals surface area contributed by atoms with Crippen LogP contribution in [0.25, 0.3) is 0 Å². The number of nitrogens with one attached hydrogen (secondary N) is 2. The minimum absolute atomic E-state index is 0. The van der Waals surface area contributed by atoms with Gasteiger partial charge in [-0.2, -0.15) is 0 Å². The number of carboxylic acids is 1. The molecule has 27 heavy (non-hydrogen) atoms. The molecule has 9 heteroatoms. The molecule has 7 nitrogen and oxygen atoms in total. The predicted octanol–water partition coefficient (Wildman–Crippen LogP) is 3.21. The van der Waals surface area contributed by atoms with Gasteiger partial charge >= 0.3 is 5.97 Å². The van der Waals surface area contributed by atoms with Gasteiger partial charge in [-0.05, 0) is 57.1 Å². The lowest BCUT2D eigenvalue weighted by molar-refractivity contribution is -0.139.